The molecule has 0 spiro atoms. The topological polar surface area (TPSA) is 97.3 Å². The number of thioether (sulfide) groups is 1. The predicted octanol–water partition coefficient (Wildman–Crippen LogP) is 1.32. The average Bonchev–Trinajstić information content (AvgIpc) is 2.89. The van der Waals surface area contributed by atoms with Crippen LogP contribution >= 0.6 is 23.3 Å². The first-order valence-electron chi connectivity index (χ1n) is 4.62. The van der Waals surface area contributed by atoms with Gasteiger partial charge in [-0.2, -0.15) is 4.37 Å². The second-order valence-corrected chi connectivity index (χ2v) is 5.03. The lowest BCUT2D eigenvalue weighted by Gasteiger charge is -2.01. The van der Waals surface area contributed by atoms with E-state index in [9.17, 15) is 0 Å². The maximum Gasteiger partial charge on any atom is 0.188 e. The fraction of sp³-hybridized carbons (Fsp3) is 0.111. The van der Waals surface area contributed by atoms with Gasteiger partial charge in [0.15, 0.2) is 10.2 Å². The van der Waals surface area contributed by atoms with Crippen molar-refractivity contribution < 1.29 is 5.21 Å². The van der Waals surface area contributed by atoms with Crippen molar-refractivity contribution in [3.05, 3.63) is 35.9 Å². The van der Waals surface area contributed by atoms with Gasteiger partial charge in [0.1, 0.15) is 12.0 Å². The van der Waals surface area contributed by atoms with Crippen molar-refractivity contribution in [2.45, 2.75) is 10.1 Å². The predicted molar refractivity (Wildman–Crippen MR) is 66.2 cm³/mol. The first kappa shape index (κ1) is 11.8. The van der Waals surface area contributed by atoms with Gasteiger partial charge < -0.3 is 10.9 Å². The minimum atomic E-state index is 0.00719. The van der Waals surface area contributed by atoms with Crippen LogP contribution in [-0.2, 0) is 5.75 Å². The van der Waals surface area contributed by atoms with Crippen LogP contribution in [0.3, 0.4) is 0 Å². The van der Waals surface area contributed by atoms with E-state index in [1.165, 1.54) is 17.9 Å². The van der Waals surface area contributed by atoms with Crippen LogP contribution in [0.15, 0.2) is 34.2 Å². The molecule has 2 aromatic heterocycles. The Morgan fingerprint density at radius 3 is 3.12 bits per heavy atom. The first-order valence-corrected chi connectivity index (χ1v) is 6.38. The molecule has 88 valence electrons. The standard InChI is InChI=1S/C9H9N5OS2/c10-8(14-15)7-3-6(1-2-11-7)4-16-9-12-5-13-17-9/h1-3,5,15H,4H2,(H2,10,14). The number of pyridine rings is 1. The van der Waals surface area contributed by atoms with Gasteiger partial charge in [0.25, 0.3) is 0 Å². The molecule has 0 unspecified atom stereocenters. The van der Waals surface area contributed by atoms with E-state index in [1.54, 1.807) is 24.0 Å². The number of nitrogens with two attached hydrogens (primary N) is 1. The van der Waals surface area contributed by atoms with Crippen LogP contribution in [0.4, 0.5) is 0 Å². The SMILES string of the molecule is NC(=NO)c1cc(CSc2ncns2)ccn1. The van der Waals surface area contributed by atoms with Crippen molar-refractivity contribution in [1.82, 2.24) is 14.3 Å². The van der Waals surface area contributed by atoms with E-state index in [0.717, 1.165) is 15.7 Å². The number of aromatic nitrogens is 3. The maximum atomic E-state index is 8.56. The summed E-state index contributed by atoms with van der Waals surface area (Å²) in [6, 6.07) is 3.66. The van der Waals surface area contributed by atoms with E-state index in [4.69, 9.17) is 10.9 Å². The van der Waals surface area contributed by atoms with Gasteiger partial charge in [-0.15, -0.1) is 0 Å². The Kier molecular flexibility index (Phi) is 3.89. The molecule has 2 rings (SSSR count). The fourth-order valence-corrected chi connectivity index (χ4v) is 2.51. The van der Waals surface area contributed by atoms with Crippen molar-refractivity contribution in [3.63, 3.8) is 0 Å². The van der Waals surface area contributed by atoms with Gasteiger partial charge in [-0.3, -0.25) is 4.98 Å². The van der Waals surface area contributed by atoms with Crippen LogP contribution in [0.25, 0.3) is 0 Å². The molecule has 2 heterocycles. The second-order valence-electron chi connectivity index (χ2n) is 3.03. The van der Waals surface area contributed by atoms with E-state index in [-0.39, 0.29) is 5.84 Å². The molecular weight excluding hydrogens is 258 g/mol. The Bertz CT molecular complexity index is 514. The van der Waals surface area contributed by atoms with E-state index in [2.05, 4.69) is 19.5 Å². The zero-order valence-electron chi connectivity index (χ0n) is 8.65. The molecule has 0 fully saturated rings. The van der Waals surface area contributed by atoms with Gasteiger partial charge in [0.2, 0.25) is 0 Å². The highest BCUT2D eigenvalue weighted by molar-refractivity contribution is 8.00. The molecule has 0 bridgehead atoms. The fourth-order valence-electron chi connectivity index (χ4n) is 1.13. The van der Waals surface area contributed by atoms with Gasteiger partial charge in [-0.25, -0.2) is 4.98 Å². The van der Waals surface area contributed by atoms with Gasteiger partial charge in [0.05, 0.1) is 0 Å². The Hall–Kier alpha value is -1.67. The normalized spacial score (nSPS) is 11.6. The van der Waals surface area contributed by atoms with Gasteiger partial charge in [-0.1, -0.05) is 16.9 Å². The summed E-state index contributed by atoms with van der Waals surface area (Å²) in [7, 11) is 0. The Labute approximate surface area is 106 Å². The maximum absolute atomic E-state index is 8.56. The highest BCUT2D eigenvalue weighted by atomic mass is 32.2. The summed E-state index contributed by atoms with van der Waals surface area (Å²) in [6.07, 6.45) is 3.16. The van der Waals surface area contributed by atoms with Crippen molar-refractivity contribution in [2.24, 2.45) is 10.9 Å². The zero-order valence-corrected chi connectivity index (χ0v) is 10.3. The Morgan fingerprint density at radius 2 is 2.41 bits per heavy atom. The quantitative estimate of drug-likeness (QED) is 0.285. The van der Waals surface area contributed by atoms with Gasteiger partial charge in [-0.05, 0) is 29.2 Å². The molecule has 17 heavy (non-hydrogen) atoms. The van der Waals surface area contributed by atoms with E-state index in [0.29, 0.717) is 5.69 Å². The minimum absolute atomic E-state index is 0.00719. The van der Waals surface area contributed by atoms with Crippen LogP contribution in [0, 0.1) is 0 Å². The molecule has 6 nitrogen and oxygen atoms in total. The molecule has 8 heteroatoms. The smallest absolute Gasteiger partial charge is 0.188 e. The number of hydrogen-bond donors (Lipinski definition) is 2. The molecule has 0 saturated heterocycles. The van der Waals surface area contributed by atoms with Crippen LogP contribution in [-0.4, -0.2) is 25.4 Å². The molecule has 0 saturated carbocycles. The summed E-state index contributed by atoms with van der Waals surface area (Å²) in [5.74, 6) is 0.747. The molecular formula is C9H9N5OS2. The molecule has 0 aliphatic carbocycles. The summed E-state index contributed by atoms with van der Waals surface area (Å²) in [5, 5.41) is 11.5. The molecule has 0 radical (unpaired) electrons. The third-order valence-electron chi connectivity index (χ3n) is 1.90. The summed E-state index contributed by atoms with van der Waals surface area (Å²) in [4.78, 5) is 8.08. The lowest BCUT2D eigenvalue weighted by molar-refractivity contribution is 0.318. The third-order valence-corrected chi connectivity index (χ3v) is 3.77. The molecule has 0 aliphatic rings. The number of oxime groups is 1. The van der Waals surface area contributed by atoms with Gasteiger partial charge >= 0.3 is 0 Å². The van der Waals surface area contributed by atoms with Crippen LogP contribution in [0.5, 0.6) is 0 Å². The van der Waals surface area contributed by atoms with Crippen LogP contribution in [0.2, 0.25) is 0 Å². The molecule has 0 aliphatic heterocycles. The van der Waals surface area contributed by atoms with Crippen molar-refractivity contribution in [3.8, 4) is 0 Å². The highest BCUT2D eigenvalue weighted by Gasteiger charge is 2.04. The lowest BCUT2D eigenvalue weighted by Crippen LogP contribution is -2.15. The Morgan fingerprint density at radius 1 is 1.53 bits per heavy atom. The summed E-state index contributed by atoms with van der Waals surface area (Å²) in [6.45, 7) is 0. The lowest BCUT2D eigenvalue weighted by atomic mass is 10.2. The Balaban J connectivity index is 2.06. The second kappa shape index (κ2) is 5.60. The van der Waals surface area contributed by atoms with E-state index < -0.39 is 0 Å². The molecule has 3 N–H and O–H groups in total. The number of nitrogens with zero attached hydrogens (tertiary/aromatic N) is 4. The monoisotopic (exact) mass is 267 g/mol. The average molecular weight is 267 g/mol. The van der Waals surface area contributed by atoms with Crippen molar-refractivity contribution in [2.75, 3.05) is 0 Å². The molecule has 0 amide bonds. The van der Waals surface area contributed by atoms with E-state index in [1.807, 2.05) is 6.07 Å². The zero-order chi connectivity index (χ0) is 12.1. The van der Waals surface area contributed by atoms with Gasteiger partial charge in [0, 0.05) is 11.9 Å². The molecule has 0 atom stereocenters. The number of rotatable bonds is 4. The highest BCUT2D eigenvalue weighted by Crippen LogP contribution is 2.22. The largest absolute Gasteiger partial charge is 0.409 e. The minimum Gasteiger partial charge on any atom is -0.409 e. The summed E-state index contributed by atoms with van der Waals surface area (Å²) >= 11 is 2.94. The number of amidine groups is 1. The molecule has 2 aromatic rings. The molecule has 0 aromatic carbocycles. The van der Waals surface area contributed by atoms with Crippen molar-refractivity contribution >= 4 is 29.1 Å². The van der Waals surface area contributed by atoms with E-state index >= 15 is 0 Å². The third kappa shape index (κ3) is 3.14. The van der Waals surface area contributed by atoms with Crippen LogP contribution in [0.1, 0.15) is 11.3 Å². The first-order chi connectivity index (χ1) is 8.29. The number of hydrogen-bond acceptors (Lipinski definition) is 7. The summed E-state index contributed by atoms with van der Waals surface area (Å²) in [5.41, 5.74) is 6.95. The summed E-state index contributed by atoms with van der Waals surface area (Å²) < 4.78 is 4.83. The van der Waals surface area contributed by atoms with Crippen LogP contribution < -0.4 is 5.73 Å². The van der Waals surface area contributed by atoms with Crippen molar-refractivity contribution in [1.29, 1.82) is 0 Å².